The number of imide groups is 1. The minimum Gasteiger partial charge on any atom is -0.350 e. The molecule has 1 N–H and O–H groups in total. The smallest absolute Gasteiger partial charge is 0.282 e. The van der Waals surface area contributed by atoms with Gasteiger partial charge in [-0.25, -0.2) is 9.29 Å². The predicted molar refractivity (Wildman–Crippen MR) is 117 cm³/mol. The molecule has 2 amide bonds. The van der Waals surface area contributed by atoms with Crippen LogP contribution in [0.3, 0.4) is 0 Å². The largest absolute Gasteiger partial charge is 0.350 e. The van der Waals surface area contributed by atoms with Crippen LogP contribution in [0.2, 0.25) is 5.02 Å². The molecule has 4 rings (SSSR count). The summed E-state index contributed by atoms with van der Waals surface area (Å²) < 4.78 is 13.8. The molecule has 0 atom stereocenters. The van der Waals surface area contributed by atoms with Crippen LogP contribution in [0, 0.1) is 5.82 Å². The van der Waals surface area contributed by atoms with Gasteiger partial charge in [0.05, 0.1) is 11.3 Å². The van der Waals surface area contributed by atoms with Gasteiger partial charge in [-0.05, 0) is 60.0 Å². The Bertz CT molecular complexity index is 1150. The van der Waals surface area contributed by atoms with E-state index in [0.29, 0.717) is 16.3 Å². The van der Waals surface area contributed by atoms with Crippen LogP contribution in [0.15, 0.2) is 78.5 Å². The second-order valence-electron chi connectivity index (χ2n) is 6.86. The zero-order valence-electron chi connectivity index (χ0n) is 16.2. The fraction of sp³-hybridized carbons (Fsp3) is 0.0833. The SMILES string of the molecule is CCc1ccc(NC2=C(c3ccc(Cl)cc3)C(=O)N(c3cccc(F)c3)C2=O)cc1. The third kappa shape index (κ3) is 3.72. The third-order valence-corrected chi connectivity index (χ3v) is 5.17. The highest BCUT2D eigenvalue weighted by molar-refractivity contribution is 6.46. The number of aryl methyl sites for hydroxylation is 1. The first kappa shape index (κ1) is 19.9. The highest BCUT2D eigenvalue weighted by Gasteiger charge is 2.40. The molecular formula is C24H18ClFN2O2. The van der Waals surface area contributed by atoms with Crippen molar-refractivity contribution in [2.24, 2.45) is 0 Å². The van der Waals surface area contributed by atoms with E-state index < -0.39 is 17.6 Å². The zero-order chi connectivity index (χ0) is 21.3. The lowest BCUT2D eigenvalue weighted by Gasteiger charge is -2.15. The molecule has 0 bridgehead atoms. The van der Waals surface area contributed by atoms with Gasteiger partial charge < -0.3 is 5.32 Å². The number of amides is 2. The van der Waals surface area contributed by atoms with Gasteiger partial charge in [0, 0.05) is 10.7 Å². The van der Waals surface area contributed by atoms with Gasteiger partial charge in [0.2, 0.25) is 0 Å². The number of carbonyl (C=O) groups excluding carboxylic acids is 2. The topological polar surface area (TPSA) is 49.4 Å². The van der Waals surface area contributed by atoms with Crippen molar-refractivity contribution in [1.82, 2.24) is 0 Å². The molecule has 0 saturated carbocycles. The van der Waals surface area contributed by atoms with Gasteiger partial charge in [-0.15, -0.1) is 0 Å². The van der Waals surface area contributed by atoms with Gasteiger partial charge in [-0.2, -0.15) is 0 Å². The second kappa shape index (κ2) is 8.13. The van der Waals surface area contributed by atoms with E-state index in [9.17, 15) is 14.0 Å². The summed E-state index contributed by atoms with van der Waals surface area (Å²) in [6, 6.07) is 19.7. The number of benzene rings is 3. The van der Waals surface area contributed by atoms with Crippen LogP contribution in [0.25, 0.3) is 5.57 Å². The Morgan fingerprint density at radius 3 is 2.27 bits per heavy atom. The number of halogens is 2. The Hall–Kier alpha value is -3.44. The zero-order valence-corrected chi connectivity index (χ0v) is 16.9. The first-order valence-corrected chi connectivity index (χ1v) is 9.86. The average Bonchev–Trinajstić information content (AvgIpc) is 2.99. The predicted octanol–water partition coefficient (Wildman–Crippen LogP) is 5.44. The van der Waals surface area contributed by atoms with Crippen molar-refractivity contribution in [2.75, 3.05) is 10.2 Å². The number of hydrogen-bond donors (Lipinski definition) is 1. The first-order chi connectivity index (χ1) is 14.5. The molecule has 3 aromatic rings. The maximum Gasteiger partial charge on any atom is 0.282 e. The average molecular weight is 421 g/mol. The Kier molecular flexibility index (Phi) is 5.38. The van der Waals surface area contributed by atoms with E-state index in [2.05, 4.69) is 12.2 Å². The summed E-state index contributed by atoms with van der Waals surface area (Å²) in [4.78, 5) is 27.5. The molecule has 0 radical (unpaired) electrons. The Morgan fingerprint density at radius 2 is 1.63 bits per heavy atom. The van der Waals surface area contributed by atoms with E-state index in [-0.39, 0.29) is 17.0 Å². The Morgan fingerprint density at radius 1 is 0.933 bits per heavy atom. The molecule has 0 unspecified atom stereocenters. The normalized spacial score (nSPS) is 13.9. The fourth-order valence-corrected chi connectivity index (χ4v) is 3.47. The van der Waals surface area contributed by atoms with Crippen LogP contribution in [0.5, 0.6) is 0 Å². The lowest BCUT2D eigenvalue weighted by Crippen LogP contribution is -2.32. The van der Waals surface area contributed by atoms with Crippen LogP contribution >= 0.6 is 11.6 Å². The number of hydrogen-bond acceptors (Lipinski definition) is 3. The van der Waals surface area contributed by atoms with Crippen molar-refractivity contribution >= 4 is 40.4 Å². The van der Waals surface area contributed by atoms with Crippen LogP contribution in [0.4, 0.5) is 15.8 Å². The number of anilines is 2. The quantitative estimate of drug-likeness (QED) is 0.559. The van der Waals surface area contributed by atoms with Crippen molar-refractivity contribution in [3.8, 4) is 0 Å². The maximum absolute atomic E-state index is 13.8. The molecule has 1 heterocycles. The van der Waals surface area contributed by atoms with Crippen LogP contribution in [-0.2, 0) is 16.0 Å². The van der Waals surface area contributed by atoms with Gasteiger partial charge in [-0.1, -0.05) is 48.9 Å². The molecule has 30 heavy (non-hydrogen) atoms. The monoisotopic (exact) mass is 420 g/mol. The standard InChI is InChI=1S/C24H18ClFN2O2/c1-2-15-6-12-19(13-7-15)27-22-21(16-8-10-17(25)11-9-16)23(29)28(24(22)30)20-5-3-4-18(26)14-20/h3-14,27H,2H2,1H3. The summed E-state index contributed by atoms with van der Waals surface area (Å²) in [6.45, 7) is 2.06. The van der Waals surface area contributed by atoms with Crippen LogP contribution in [-0.4, -0.2) is 11.8 Å². The van der Waals surface area contributed by atoms with Crippen LogP contribution < -0.4 is 10.2 Å². The minimum absolute atomic E-state index is 0.135. The Labute approximate surface area is 178 Å². The Balaban J connectivity index is 1.80. The van der Waals surface area contributed by atoms with E-state index in [1.165, 1.54) is 18.2 Å². The van der Waals surface area contributed by atoms with Gasteiger partial charge in [0.15, 0.2) is 0 Å². The number of rotatable bonds is 5. The summed E-state index contributed by atoms with van der Waals surface area (Å²) >= 11 is 5.98. The first-order valence-electron chi connectivity index (χ1n) is 9.48. The number of nitrogens with one attached hydrogen (secondary N) is 1. The van der Waals surface area contributed by atoms with Gasteiger partial charge in [-0.3, -0.25) is 9.59 Å². The molecule has 1 aliphatic heterocycles. The molecule has 6 heteroatoms. The molecule has 0 aromatic heterocycles. The fourth-order valence-electron chi connectivity index (χ4n) is 3.35. The third-order valence-electron chi connectivity index (χ3n) is 4.91. The van der Waals surface area contributed by atoms with Crippen molar-refractivity contribution in [2.45, 2.75) is 13.3 Å². The van der Waals surface area contributed by atoms with Crippen molar-refractivity contribution < 1.29 is 14.0 Å². The lowest BCUT2D eigenvalue weighted by atomic mass is 10.0. The highest BCUT2D eigenvalue weighted by atomic mass is 35.5. The molecular weight excluding hydrogens is 403 g/mol. The van der Waals surface area contributed by atoms with Gasteiger partial charge in [0.25, 0.3) is 11.8 Å². The highest BCUT2D eigenvalue weighted by Crippen LogP contribution is 2.34. The second-order valence-corrected chi connectivity index (χ2v) is 7.29. The molecule has 0 saturated heterocycles. The molecule has 0 fully saturated rings. The van der Waals surface area contributed by atoms with Crippen molar-refractivity contribution in [1.29, 1.82) is 0 Å². The summed E-state index contributed by atoms with van der Waals surface area (Å²) in [5.41, 5.74) is 2.90. The van der Waals surface area contributed by atoms with E-state index >= 15 is 0 Å². The summed E-state index contributed by atoms with van der Waals surface area (Å²) in [6.07, 6.45) is 0.893. The molecule has 0 aliphatic carbocycles. The van der Waals surface area contributed by atoms with Gasteiger partial charge in [0.1, 0.15) is 11.5 Å². The van der Waals surface area contributed by atoms with Gasteiger partial charge >= 0.3 is 0 Å². The van der Waals surface area contributed by atoms with Crippen molar-refractivity contribution in [3.05, 3.63) is 100 Å². The molecule has 4 nitrogen and oxygen atoms in total. The minimum atomic E-state index is -0.546. The summed E-state index contributed by atoms with van der Waals surface area (Å²) in [5, 5.41) is 3.61. The van der Waals surface area contributed by atoms with E-state index in [4.69, 9.17) is 11.6 Å². The summed E-state index contributed by atoms with van der Waals surface area (Å²) in [7, 11) is 0. The maximum atomic E-state index is 13.8. The molecule has 1 aliphatic rings. The molecule has 150 valence electrons. The lowest BCUT2D eigenvalue weighted by molar-refractivity contribution is -0.120. The van der Waals surface area contributed by atoms with E-state index in [1.807, 2.05) is 24.3 Å². The number of carbonyl (C=O) groups is 2. The summed E-state index contributed by atoms with van der Waals surface area (Å²) in [5.74, 6) is -1.60. The molecule has 3 aromatic carbocycles. The van der Waals surface area contributed by atoms with Crippen LogP contribution in [0.1, 0.15) is 18.1 Å². The van der Waals surface area contributed by atoms with Crippen molar-refractivity contribution in [3.63, 3.8) is 0 Å². The van der Waals surface area contributed by atoms with E-state index in [1.54, 1.807) is 24.3 Å². The molecule has 0 spiro atoms. The van der Waals surface area contributed by atoms with E-state index in [0.717, 1.165) is 23.0 Å². The number of nitrogens with zero attached hydrogens (tertiary/aromatic N) is 1.